The van der Waals surface area contributed by atoms with Gasteiger partial charge in [-0.15, -0.1) is 0 Å². The summed E-state index contributed by atoms with van der Waals surface area (Å²) in [6, 6.07) is 14.2. The average Bonchev–Trinajstić information content (AvgIpc) is 2.23. The van der Waals surface area contributed by atoms with Gasteiger partial charge in [0.05, 0.1) is 5.69 Å². The highest BCUT2D eigenvalue weighted by molar-refractivity contribution is 5.59. The highest BCUT2D eigenvalue weighted by Gasteiger charge is 1.99. The maximum Gasteiger partial charge on any atom is 0.0705 e. The fourth-order valence-electron chi connectivity index (χ4n) is 1.34. The molecular formula is C13H12N. The Bertz CT molecular complexity index is 432. The van der Waals surface area contributed by atoms with Crippen molar-refractivity contribution in [3.05, 3.63) is 60.6 Å². The molecule has 0 atom stereocenters. The van der Waals surface area contributed by atoms with E-state index >= 15 is 0 Å². The van der Waals surface area contributed by atoms with Crippen molar-refractivity contribution >= 4 is 0 Å². The Morgan fingerprint density at radius 2 is 1.71 bits per heavy atom. The summed E-state index contributed by atoms with van der Waals surface area (Å²) in [5.41, 5.74) is 4.11. The van der Waals surface area contributed by atoms with Gasteiger partial charge in [-0.1, -0.05) is 36.4 Å². The summed E-state index contributed by atoms with van der Waals surface area (Å²) < 4.78 is 0. The van der Waals surface area contributed by atoms with Gasteiger partial charge in [0.2, 0.25) is 0 Å². The summed E-state index contributed by atoms with van der Waals surface area (Å²) in [4.78, 5) is 4.43. The minimum atomic E-state index is 0.853. The minimum Gasteiger partial charge on any atom is -0.253 e. The van der Waals surface area contributed by atoms with Crippen LogP contribution in [0.3, 0.4) is 0 Å². The number of pyridine rings is 1. The Morgan fingerprint density at radius 1 is 1.00 bits per heavy atom. The molecule has 1 heteroatoms. The number of aryl methyl sites for hydroxylation is 1. The fraction of sp³-hybridized carbons (Fsp3) is 0.0769. The first-order valence-corrected chi connectivity index (χ1v) is 4.62. The Labute approximate surface area is 84.4 Å². The quantitative estimate of drug-likeness (QED) is 0.659. The van der Waals surface area contributed by atoms with Crippen LogP contribution in [0.4, 0.5) is 0 Å². The first kappa shape index (κ1) is 8.95. The van der Waals surface area contributed by atoms with E-state index in [0.717, 1.165) is 22.5 Å². The number of benzene rings is 1. The van der Waals surface area contributed by atoms with Gasteiger partial charge in [-0.3, -0.25) is 4.98 Å². The van der Waals surface area contributed by atoms with E-state index in [1.54, 1.807) is 0 Å². The third kappa shape index (κ3) is 1.67. The van der Waals surface area contributed by atoms with Gasteiger partial charge in [0.25, 0.3) is 0 Å². The Balaban J connectivity index is 2.48. The molecule has 0 aliphatic heterocycles. The average molecular weight is 182 g/mol. The third-order valence-corrected chi connectivity index (χ3v) is 2.27. The van der Waals surface area contributed by atoms with Crippen LogP contribution >= 0.6 is 0 Å². The van der Waals surface area contributed by atoms with Gasteiger partial charge in [0, 0.05) is 11.3 Å². The molecule has 2 aromatic rings. The van der Waals surface area contributed by atoms with Crippen molar-refractivity contribution in [2.75, 3.05) is 0 Å². The normalized spacial score (nSPS) is 10.1. The molecule has 14 heavy (non-hydrogen) atoms. The van der Waals surface area contributed by atoms with Crippen molar-refractivity contribution < 1.29 is 0 Å². The van der Waals surface area contributed by atoms with Crippen molar-refractivity contribution in [2.24, 2.45) is 0 Å². The molecule has 1 aromatic heterocycles. The maximum absolute atomic E-state index is 4.43. The summed E-state index contributed by atoms with van der Waals surface area (Å²) in [6.07, 6.45) is 0. The smallest absolute Gasteiger partial charge is 0.0705 e. The lowest BCUT2D eigenvalue weighted by Gasteiger charge is -2.03. The molecule has 0 aliphatic carbocycles. The maximum atomic E-state index is 4.43. The molecule has 0 bridgehead atoms. The highest BCUT2D eigenvalue weighted by Crippen LogP contribution is 2.17. The summed E-state index contributed by atoms with van der Waals surface area (Å²) >= 11 is 0. The minimum absolute atomic E-state index is 0.853. The van der Waals surface area contributed by atoms with E-state index in [-0.39, 0.29) is 0 Å². The second kappa shape index (κ2) is 3.62. The van der Waals surface area contributed by atoms with Crippen LogP contribution in [0.25, 0.3) is 11.3 Å². The molecule has 2 rings (SSSR count). The molecule has 69 valence electrons. The van der Waals surface area contributed by atoms with Gasteiger partial charge in [0.1, 0.15) is 0 Å². The molecule has 0 unspecified atom stereocenters. The van der Waals surface area contributed by atoms with Crippen molar-refractivity contribution in [3.63, 3.8) is 0 Å². The van der Waals surface area contributed by atoms with Crippen LogP contribution in [0.5, 0.6) is 0 Å². The van der Waals surface area contributed by atoms with Crippen molar-refractivity contribution in [1.29, 1.82) is 0 Å². The molecule has 1 aromatic carbocycles. The molecule has 0 N–H and O–H groups in total. The van der Waals surface area contributed by atoms with Crippen LogP contribution in [0.2, 0.25) is 0 Å². The van der Waals surface area contributed by atoms with Gasteiger partial charge in [-0.05, 0) is 25.5 Å². The number of aromatic nitrogens is 1. The third-order valence-electron chi connectivity index (χ3n) is 2.27. The Hall–Kier alpha value is -1.63. The van der Waals surface area contributed by atoms with Gasteiger partial charge < -0.3 is 0 Å². The van der Waals surface area contributed by atoms with E-state index in [4.69, 9.17) is 0 Å². The molecule has 1 radical (unpaired) electrons. The lowest BCUT2D eigenvalue weighted by atomic mass is 10.1. The van der Waals surface area contributed by atoms with Crippen LogP contribution in [-0.2, 0) is 0 Å². The van der Waals surface area contributed by atoms with Crippen LogP contribution in [0, 0.1) is 13.8 Å². The lowest BCUT2D eigenvalue weighted by molar-refractivity contribution is 1.21. The molecule has 0 saturated carbocycles. The van der Waals surface area contributed by atoms with Crippen LogP contribution in [-0.4, -0.2) is 4.98 Å². The van der Waals surface area contributed by atoms with Crippen LogP contribution in [0.1, 0.15) is 11.3 Å². The number of nitrogens with zero attached hydrogens (tertiary/aromatic N) is 1. The predicted octanol–water partition coefficient (Wildman–Crippen LogP) is 3.24. The lowest BCUT2D eigenvalue weighted by Crippen LogP contribution is -1.89. The van der Waals surface area contributed by atoms with E-state index in [1.807, 2.05) is 31.2 Å². The van der Waals surface area contributed by atoms with Gasteiger partial charge in [0.15, 0.2) is 0 Å². The van der Waals surface area contributed by atoms with Crippen molar-refractivity contribution in [3.8, 4) is 11.3 Å². The molecular weight excluding hydrogens is 170 g/mol. The zero-order chi connectivity index (χ0) is 9.97. The predicted molar refractivity (Wildman–Crippen MR) is 58.9 cm³/mol. The highest BCUT2D eigenvalue weighted by atomic mass is 14.7. The van der Waals surface area contributed by atoms with Gasteiger partial charge in [-0.25, -0.2) is 0 Å². The SMILES string of the molecule is [CH2]c1nc(-c2ccccc2)ccc1C. The number of hydrogen-bond donors (Lipinski definition) is 0. The summed E-state index contributed by atoms with van der Waals surface area (Å²) in [5, 5.41) is 0. The first-order chi connectivity index (χ1) is 6.77. The molecule has 0 spiro atoms. The zero-order valence-electron chi connectivity index (χ0n) is 8.20. The molecule has 0 aliphatic rings. The first-order valence-electron chi connectivity index (χ1n) is 4.62. The summed E-state index contributed by atoms with van der Waals surface area (Å²) in [5.74, 6) is 0. The molecule has 1 nitrogen and oxygen atoms in total. The molecule has 0 saturated heterocycles. The van der Waals surface area contributed by atoms with Crippen LogP contribution in [0.15, 0.2) is 42.5 Å². The van der Waals surface area contributed by atoms with E-state index in [0.29, 0.717) is 0 Å². The van der Waals surface area contributed by atoms with E-state index in [2.05, 4.69) is 30.1 Å². The largest absolute Gasteiger partial charge is 0.253 e. The Morgan fingerprint density at radius 3 is 2.36 bits per heavy atom. The van der Waals surface area contributed by atoms with E-state index < -0.39 is 0 Å². The monoisotopic (exact) mass is 182 g/mol. The number of rotatable bonds is 1. The molecule has 1 heterocycles. The second-order valence-corrected chi connectivity index (χ2v) is 3.33. The fourth-order valence-corrected chi connectivity index (χ4v) is 1.34. The summed E-state index contributed by atoms with van der Waals surface area (Å²) in [6.45, 7) is 5.91. The zero-order valence-corrected chi connectivity index (χ0v) is 8.20. The van der Waals surface area contributed by atoms with Crippen molar-refractivity contribution in [2.45, 2.75) is 6.92 Å². The number of hydrogen-bond acceptors (Lipinski definition) is 1. The van der Waals surface area contributed by atoms with E-state index in [1.165, 1.54) is 0 Å². The molecule has 0 amide bonds. The molecule has 0 fully saturated rings. The van der Waals surface area contributed by atoms with E-state index in [9.17, 15) is 0 Å². The van der Waals surface area contributed by atoms with Gasteiger partial charge in [-0.2, -0.15) is 0 Å². The van der Waals surface area contributed by atoms with Crippen molar-refractivity contribution in [1.82, 2.24) is 4.98 Å². The summed E-state index contributed by atoms with van der Waals surface area (Å²) in [7, 11) is 0. The topological polar surface area (TPSA) is 12.9 Å². The van der Waals surface area contributed by atoms with Gasteiger partial charge >= 0.3 is 0 Å². The standard InChI is InChI=1S/C13H12N/c1-10-8-9-13(14-11(10)2)12-6-4-3-5-7-12/h3-9H,2H2,1H3. The van der Waals surface area contributed by atoms with Crippen LogP contribution < -0.4 is 0 Å². The second-order valence-electron chi connectivity index (χ2n) is 3.33. The Kier molecular flexibility index (Phi) is 2.32.